The lowest BCUT2D eigenvalue weighted by atomic mass is 10.1. The van der Waals surface area contributed by atoms with E-state index in [4.69, 9.17) is 0 Å². The second kappa shape index (κ2) is 5.93. The van der Waals surface area contributed by atoms with Gasteiger partial charge in [-0.15, -0.1) is 0 Å². The first-order valence-electron chi connectivity index (χ1n) is 5.26. The van der Waals surface area contributed by atoms with Gasteiger partial charge in [0.05, 0.1) is 24.1 Å². The van der Waals surface area contributed by atoms with Crippen LogP contribution in [0.4, 0.5) is 0 Å². The van der Waals surface area contributed by atoms with Crippen LogP contribution in [-0.4, -0.2) is 35.7 Å². The van der Waals surface area contributed by atoms with Gasteiger partial charge in [0.25, 0.3) is 5.91 Å². The highest BCUT2D eigenvalue weighted by atomic mass is 16.5. The number of amides is 1. The van der Waals surface area contributed by atoms with Gasteiger partial charge in [0, 0.05) is 0 Å². The van der Waals surface area contributed by atoms with Gasteiger partial charge in [-0.3, -0.25) is 9.59 Å². The molecule has 0 spiro atoms. The van der Waals surface area contributed by atoms with Gasteiger partial charge in [-0.2, -0.15) is 10.2 Å². The number of nitrogens with zero attached hydrogens (tertiary/aromatic N) is 2. The first kappa shape index (κ1) is 13.1. The molecule has 0 aliphatic carbocycles. The lowest BCUT2D eigenvalue weighted by molar-refractivity contribution is -0.139. The maximum Gasteiger partial charge on any atom is 0.325 e. The lowest BCUT2D eigenvalue weighted by Gasteiger charge is -2.07. The van der Waals surface area contributed by atoms with E-state index in [-0.39, 0.29) is 12.5 Å². The average molecular weight is 237 g/mol. The number of carbonyl (C=O) groups excluding carboxylic acids is 2. The number of hydrogen-bond donors (Lipinski definition) is 1. The van der Waals surface area contributed by atoms with Crippen LogP contribution in [0.25, 0.3) is 0 Å². The van der Waals surface area contributed by atoms with Crippen molar-refractivity contribution in [3.05, 3.63) is 23.0 Å². The molecule has 1 amide bonds. The SMILES string of the molecule is CCc1nnc(C)cc1C(=O)NCC(=O)OC. The summed E-state index contributed by atoms with van der Waals surface area (Å²) in [6, 6.07) is 1.65. The zero-order valence-corrected chi connectivity index (χ0v) is 10.1. The molecule has 0 fully saturated rings. The van der Waals surface area contributed by atoms with Gasteiger partial charge in [-0.25, -0.2) is 0 Å². The first-order valence-corrected chi connectivity index (χ1v) is 5.26. The average Bonchev–Trinajstić information content (AvgIpc) is 2.35. The Morgan fingerprint density at radius 2 is 2.12 bits per heavy atom. The third kappa shape index (κ3) is 3.51. The van der Waals surface area contributed by atoms with Gasteiger partial charge in [-0.1, -0.05) is 6.92 Å². The molecular formula is C11H15N3O3. The predicted octanol–water partition coefficient (Wildman–Crippen LogP) is 0.250. The van der Waals surface area contributed by atoms with E-state index in [1.807, 2.05) is 6.92 Å². The van der Waals surface area contributed by atoms with Crippen LogP contribution in [-0.2, 0) is 16.0 Å². The van der Waals surface area contributed by atoms with Crippen molar-refractivity contribution >= 4 is 11.9 Å². The number of esters is 1. The Kier molecular flexibility index (Phi) is 4.56. The minimum Gasteiger partial charge on any atom is -0.468 e. The van der Waals surface area contributed by atoms with Crippen molar-refractivity contribution < 1.29 is 14.3 Å². The summed E-state index contributed by atoms with van der Waals surface area (Å²) in [6.07, 6.45) is 0.605. The Morgan fingerprint density at radius 3 is 2.71 bits per heavy atom. The fourth-order valence-corrected chi connectivity index (χ4v) is 1.29. The Balaban J connectivity index is 2.80. The number of ether oxygens (including phenoxy) is 1. The largest absolute Gasteiger partial charge is 0.468 e. The standard InChI is InChI=1S/C11H15N3O3/c1-4-9-8(5-7(2)13-14-9)11(16)12-6-10(15)17-3/h5H,4,6H2,1-3H3,(H,12,16). The molecule has 0 atom stereocenters. The van der Waals surface area contributed by atoms with Crippen LogP contribution in [0.5, 0.6) is 0 Å². The monoisotopic (exact) mass is 237 g/mol. The number of nitrogens with one attached hydrogen (secondary N) is 1. The van der Waals surface area contributed by atoms with E-state index < -0.39 is 5.97 Å². The number of methoxy groups -OCH3 is 1. The van der Waals surface area contributed by atoms with Crippen LogP contribution in [0.3, 0.4) is 0 Å². The fourth-order valence-electron chi connectivity index (χ4n) is 1.29. The number of aromatic nitrogens is 2. The zero-order chi connectivity index (χ0) is 12.8. The summed E-state index contributed by atoms with van der Waals surface area (Å²) in [7, 11) is 1.27. The van der Waals surface area contributed by atoms with E-state index in [1.54, 1.807) is 13.0 Å². The molecule has 1 rings (SSSR count). The molecule has 0 bridgehead atoms. The van der Waals surface area contributed by atoms with E-state index in [2.05, 4.69) is 20.3 Å². The molecule has 1 aromatic heterocycles. The van der Waals surface area contributed by atoms with E-state index in [0.29, 0.717) is 23.4 Å². The minimum absolute atomic E-state index is 0.153. The third-order valence-electron chi connectivity index (χ3n) is 2.19. The summed E-state index contributed by atoms with van der Waals surface area (Å²) in [5.41, 5.74) is 1.72. The lowest BCUT2D eigenvalue weighted by Crippen LogP contribution is -2.31. The smallest absolute Gasteiger partial charge is 0.325 e. The minimum atomic E-state index is -0.491. The van der Waals surface area contributed by atoms with Gasteiger partial charge >= 0.3 is 5.97 Å². The fraction of sp³-hybridized carbons (Fsp3) is 0.455. The second-order valence-corrected chi connectivity index (χ2v) is 3.46. The van der Waals surface area contributed by atoms with Crippen molar-refractivity contribution in [1.82, 2.24) is 15.5 Å². The third-order valence-corrected chi connectivity index (χ3v) is 2.19. The van der Waals surface area contributed by atoms with E-state index in [9.17, 15) is 9.59 Å². The Labute approximate surface area is 99.4 Å². The van der Waals surface area contributed by atoms with Crippen LogP contribution in [0.2, 0.25) is 0 Å². The highest BCUT2D eigenvalue weighted by Gasteiger charge is 2.13. The molecule has 17 heavy (non-hydrogen) atoms. The zero-order valence-electron chi connectivity index (χ0n) is 10.1. The number of hydrogen-bond acceptors (Lipinski definition) is 5. The number of carbonyl (C=O) groups is 2. The summed E-state index contributed by atoms with van der Waals surface area (Å²) in [5.74, 6) is -0.833. The first-order chi connectivity index (χ1) is 8.08. The van der Waals surface area contributed by atoms with Gasteiger partial charge in [0.2, 0.25) is 0 Å². The summed E-state index contributed by atoms with van der Waals surface area (Å²) in [6.45, 7) is 3.49. The molecule has 1 heterocycles. The van der Waals surface area contributed by atoms with Crippen molar-refractivity contribution in [3.8, 4) is 0 Å². The Hall–Kier alpha value is -1.98. The van der Waals surface area contributed by atoms with Crippen molar-refractivity contribution in [3.63, 3.8) is 0 Å². The number of rotatable bonds is 4. The van der Waals surface area contributed by atoms with Gasteiger partial charge in [0.15, 0.2) is 0 Å². The van der Waals surface area contributed by atoms with Gasteiger partial charge in [-0.05, 0) is 19.4 Å². The molecular weight excluding hydrogens is 222 g/mol. The van der Waals surface area contributed by atoms with Crippen LogP contribution >= 0.6 is 0 Å². The molecule has 0 unspecified atom stereocenters. The molecule has 6 heteroatoms. The highest BCUT2D eigenvalue weighted by Crippen LogP contribution is 2.07. The van der Waals surface area contributed by atoms with Crippen molar-refractivity contribution in [2.24, 2.45) is 0 Å². The molecule has 0 aliphatic rings. The highest BCUT2D eigenvalue weighted by molar-refractivity contribution is 5.96. The van der Waals surface area contributed by atoms with Crippen molar-refractivity contribution in [2.45, 2.75) is 20.3 Å². The molecule has 0 radical (unpaired) electrons. The van der Waals surface area contributed by atoms with Crippen molar-refractivity contribution in [1.29, 1.82) is 0 Å². The Morgan fingerprint density at radius 1 is 1.41 bits per heavy atom. The summed E-state index contributed by atoms with van der Waals surface area (Å²) >= 11 is 0. The molecule has 92 valence electrons. The van der Waals surface area contributed by atoms with E-state index >= 15 is 0 Å². The van der Waals surface area contributed by atoms with Crippen LogP contribution < -0.4 is 5.32 Å². The van der Waals surface area contributed by atoms with Crippen LogP contribution in [0.1, 0.15) is 28.7 Å². The second-order valence-electron chi connectivity index (χ2n) is 3.46. The van der Waals surface area contributed by atoms with Crippen molar-refractivity contribution in [2.75, 3.05) is 13.7 Å². The molecule has 6 nitrogen and oxygen atoms in total. The molecule has 1 aromatic rings. The Bertz CT molecular complexity index is 432. The molecule has 1 N–H and O–H groups in total. The topological polar surface area (TPSA) is 81.2 Å². The maximum atomic E-state index is 11.8. The van der Waals surface area contributed by atoms with E-state index in [0.717, 1.165) is 0 Å². The van der Waals surface area contributed by atoms with Gasteiger partial charge < -0.3 is 10.1 Å². The number of aryl methyl sites for hydroxylation is 2. The normalized spacial score (nSPS) is 9.82. The molecule has 0 saturated carbocycles. The quantitative estimate of drug-likeness (QED) is 0.759. The maximum absolute atomic E-state index is 11.8. The summed E-state index contributed by atoms with van der Waals surface area (Å²) in [5, 5.41) is 10.3. The van der Waals surface area contributed by atoms with Crippen LogP contribution in [0, 0.1) is 6.92 Å². The predicted molar refractivity (Wildman–Crippen MR) is 60.5 cm³/mol. The summed E-state index contributed by atoms with van der Waals surface area (Å²) < 4.78 is 4.44. The van der Waals surface area contributed by atoms with Crippen LogP contribution in [0.15, 0.2) is 6.07 Å². The van der Waals surface area contributed by atoms with Gasteiger partial charge in [0.1, 0.15) is 6.54 Å². The molecule has 0 aliphatic heterocycles. The molecule has 0 aromatic carbocycles. The molecule has 0 saturated heterocycles. The van der Waals surface area contributed by atoms with E-state index in [1.165, 1.54) is 7.11 Å². The summed E-state index contributed by atoms with van der Waals surface area (Å²) in [4.78, 5) is 22.7.